The van der Waals surface area contributed by atoms with Crippen molar-refractivity contribution in [3.63, 3.8) is 0 Å². The van der Waals surface area contributed by atoms with E-state index in [2.05, 4.69) is 19.1 Å². The van der Waals surface area contributed by atoms with E-state index in [1.54, 1.807) is 6.92 Å². The molecule has 0 fully saturated rings. The average Bonchev–Trinajstić information content (AvgIpc) is 2.23. The molecule has 0 N–H and O–H groups in total. The second kappa shape index (κ2) is 10.3. The minimum Gasteiger partial charge on any atom is -0.346 e. The summed E-state index contributed by atoms with van der Waals surface area (Å²) >= 11 is 0. The van der Waals surface area contributed by atoms with Crippen molar-refractivity contribution >= 4 is 23.1 Å². The molecule has 1 aliphatic carbocycles. The normalized spacial score (nSPS) is 11.8. The molecule has 0 radical (unpaired) electrons. The summed E-state index contributed by atoms with van der Waals surface area (Å²) in [6.45, 7) is 5.00. The Labute approximate surface area is 67.8 Å². The molecule has 1 rings (SSSR count). The van der Waals surface area contributed by atoms with E-state index in [0.717, 1.165) is 6.42 Å². The quantitative estimate of drug-likeness (QED) is 0.336. The molecule has 0 nitrogen and oxygen atoms in total. The first-order chi connectivity index (χ1) is 3.50. The van der Waals surface area contributed by atoms with Gasteiger partial charge in [0.1, 0.15) is 0 Å². The molecular formula is C7H10Mg. The van der Waals surface area contributed by atoms with Gasteiger partial charge in [-0.2, -0.15) is 13.0 Å². The summed E-state index contributed by atoms with van der Waals surface area (Å²) in [7, 11) is 0. The topological polar surface area (TPSA) is 0 Å². The molecule has 0 aromatic carbocycles. The van der Waals surface area contributed by atoms with Crippen molar-refractivity contribution in [3.05, 3.63) is 31.2 Å². The van der Waals surface area contributed by atoms with E-state index in [-0.39, 0.29) is 23.1 Å². The van der Waals surface area contributed by atoms with Crippen LogP contribution in [-0.4, -0.2) is 23.1 Å². The van der Waals surface area contributed by atoms with Gasteiger partial charge in [-0.3, -0.25) is 6.08 Å². The van der Waals surface area contributed by atoms with Crippen LogP contribution in [0.3, 0.4) is 0 Å². The zero-order valence-corrected chi connectivity index (χ0v) is 6.77. The summed E-state index contributed by atoms with van der Waals surface area (Å²) in [4.78, 5) is 0. The van der Waals surface area contributed by atoms with Gasteiger partial charge in [0.15, 0.2) is 0 Å². The monoisotopic (exact) mass is 118 g/mol. The molecule has 0 spiro atoms. The third kappa shape index (κ3) is 6.25. The van der Waals surface area contributed by atoms with Crippen molar-refractivity contribution in [1.29, 1.82) is 0 Å². The van der Waals surface area contributed by atoms with Gasteiger partial charge in [0, 0.05) is 0 Å². The van der Waals surface area contributed by atoms with Crippen molar-refractivity contribution < 1.29 is 0 Å². The first-order valence-corrected chi connectivity index (χ1v) is 2.42. The van der Waals surface area contributed by atoms with Crippen LogP contribution in [0.25, 0.3) is 0 Å². The van der Waals surface area contributed by atoms with Crippen molar-refractivity contribution in [1.82, 2.24) is 0 Å². The van der Waals surface area contributed by atoms with E-state index in [1.807, 2.05) is 12.2 Å². The Balaban J connectivity index is 0. The van der Waals surface area contributed by atoms with E-state index in [0.29, 0.717) is 0 Å². The maximum absolute atomic E-state index is 3.25. The Morgan fingerprint density at radius 1 is 1.50 bits per heavy atom. The molecule has 1 aliphatic rings. The third-order valence-corrected chi connectivity index (χ3v) is 0.586. The second-order valence-corrected chi connectivity index (χ2v) is 1.00. The SMILES string of the molecule is [C-]1=CC=CC1.[CH2-]C.[Mg+2]. The van der Waals surface area contributed by atoms with Crippen LogP contribution in [0, 0.1) is 13.0 Å². The van der Waals surface area contributed by atoms with Gasteiger partial charge in [-0.1, -0.05) is 0 Å². The Hall–Kier alpha value is 0.246. The second-order valence-electron chi connectivity index (χ2n) is 1.00. The molecule has 0 bridgehead atoms. The molecule has 40 valence electrons. The minimum atomic E-state index is 0. The van der Waals surface area contributed by atoms with E-state index in [9.17, 15) is 0 Å². The molecule has 0 heterocycles. The fourth-order valence-electron chi connectivity index (χ4n) is 0.340. The maximum atomic E-state index is 3.25. The van der Waals surface area contributed by atoms with Gasteiger partial charge in [-0.15, -0.1) is 6.42 Å². The molecule has 0 aromatic heterocycles. The Kier molecular flexibility index (Phi) is 14.2. The summed E-state index contributed by atoms with van der Waals surface area (Å²) in [5, 5.41) is 0. The van der Waals surface area contributed by atoms with Gasteiger partial charge < -0.3 is 6.92 Å². The standard InChI is InChI=1S/C5H5.C2H5.Mg/c1-2-4-5-3-1;1-2;/h1-3H,4H2;1H2,2H3;/q2*-1;+2. The Morgan fingerprint density at radius 3 is 2.25 bits per heavy atom. The van der Waals surface area contributed by atoms with Crippen LogP contribution in [0.5, 0.6) is 0 Å². The molecule has 0 aliphatic heterocycles. The fraction of sp³-hybridized carbons (Fsp3) is 0.286. The summed E-state index contributed by atoms with van der Waals surface area (Å²) in [6, 6.07) is 0. The van der Waals surface area contributed by atoms with Gasteiger partial charge in [0.05, 0.1) is 0 Å². The van der Waals surface area contributed by atoms with Crippen LogP contribution in [0.15, 0.2) is 18.2 Å². The molecule has 0 unspecified atom stereocenters. The van der Waals surface area contributed by atoms with Gasteiger partial charge in [-0.05, 0) is 0 Å². The van der Waals surface area contributed by atoms with Crippen LogP contribution in [0.1, 0.15) is 13.3 Å². The van der Waals surface area contributed by atoms with E-state index >= 15 is 0 Å². The summed E-state index contributed by atoms with van der Waals surface area (Å²) in [6.07, 6.45) is 10.0. The fourth-order valence-corrected chi connectivity index (χ4v) is 0.340. The summed E-state index contributed by atoms with van der Waals surface area (Å²) < 4.78 is 0. The molecule has 1 heteroatoms. The summed E-state index contributed by atoms with van der Waals surface area (Å²) in [5.41, 5.74) is 0. The predicted octanol–water partition coefficient (Wildman–Crippen LogP) is 1.77. The molecule has 0 atom stereocenters. The zero-order valence-electron chi connectivity index (χ0n) is 5.35. The van der Waals surface area contributed by atoms with Gasteiger partial charge >= 0.3 is 23.1 Å². The number of hydrogen-bond donors (Lipinski definition) is 0. The predicted molar refractivity (Wildman–Crippen MR) is 38.4 cm³/mol. The Morgan fingerprint density at radius 2 is 2.12 bits per heavy atom. The molecule has 8 heavy (non-hydrogen) atoms. The van der Waals surface area contributed by atoms with Gasteiger partial charge in [0.2, 0.25) is 0 Å². The van der Waals surface area contributed by atoms with E-state index < -0.39 is 0 Å². The third-order valence-electron chi connectivity index (χ3n) is 0.586. The zero-order chi connectivity index (χ0) is 5.54. The number of hydrogen-bond acceptors (Lipinski definition) is 0. The Bertz CT molecular complexity index is 62.5. The summed E-state index contributed by atoms with van der Waals surface area (Å²) in [5.74, 6) is 0. The molecule has 0 amide bonds. The molecule has 0 saturated carbocycles. The number of allylic oxidation sites excluding steroid dienone is 4. The molecular weight excluding hydrogens is 108 g/mol. The van der Waals surface area contributed by atoms with Crippen LogP contribution in [-0.2, 0) is 0 Å². The van der Waals surface area contributed by atoms with Crippen molar-refractivity contribution in [3.8, 4) is 0 Å². The van der Waals surface area contributed by atoms with Crippen LogP contribution in [0.2, 0.25) is 0 Å². The maximum Gasteiger partial charge on any atom is 2.00 e. The van der Waals surface area contributed by atoms with Crippen LogP contribution >= 0.6 is 0 Å². The molecule has 0 aromatic rings. The first kappa shape index (κ1) is 11.1. The van der Waals surface area contributed by atoms with Crippen molar-refractivity contribution in [2.24, 2.45) is 0 Å². The average molecular weight is 118 g/mol. The van der Waals surface area contributed by atoms with Gasteiger partial charge in [-0.25, -0.2) is 12.2 Å². The smallest absolute Gasteiger partial charge is 0.346 e. The van der Waals surface area contributed by atoms with Crippen molar-refractivity contribution in [2.45, 2.75) is 13.3 Å². The molecule has 0 saturated heterocycles. The first-order valence-electron chi connectivity index (χ1n) is 2.42. The number of rotatable bonds is 0. The van der Waals surface area contributed by atoms with Crippen LogP contribution in [0.4, 0.5) is 0 Å². The minimum absolute atomic E-state index is 0. The van der Waals surface area contributed by atoms with E-state index in [4.69, 9.17) is 0 Å². The largest absolute Gasteiger partial charge is 2.00 e. The van der Waals surface area contributed by atoms with Crippen molar-refractivity contribution in [2.75, 3.05) is 0 Å². The van der Waals surface area contributed by atoms with E-state index in [1.165, 1.54) is 0 Å². The van der Waals surface area contributed by atoms with Gasteiger partial charge in [0.25, 0.3) is 0 Å². The van der Waals surface area contributed by atoms with Crippen LogP contribution < -0.4 is 0 Å².